The third kappa shape index (κ3) is 2.52. The van der Waals surface area contributed by atoms with Gasteiger partial charge in [0, 0.05) is 30.7 Å². The Morgan fingerprint density at radius 3 is 3.00 bits per heavy atom. The fourth-order valence-electron chi connectivity index (χ4n) is 3.49. The molecule has 0 aliphatic carbocycles. The minimum absolute atomic E-state index is 0.0662. The van der Waals surface area contributed by atoms with E-state index in [-0.39, 0.29) is 11.9 Å². The number of aromatic amines is 1. The molecule has 4 rings (SSSR count). The number of H-pyrrole nitrogens is 1. The van der Waals surface area contributed by atoms with Gasteiger partial charge >= 0.3 is 0 Å². The van der Waals surface area contributed by atoms with Crippen molar-refractivity contribution in [3.63, 3.8) is 0 Å². The van der Waals surface area contributed by atoms with Gasteiger partial charge in [-0.25, -0.2) is 4.98 Å². The van der Waals surface area contributed by atoms with Gasteiger partial charge in [0.1, 0.15) is 11.5 Å². The van der Waals surface area contributed by atoms with Crippen LogP contribution in [-0.4, -0.2) is 34.4 Å². The first-order valence-corrected chi connectivity index (χ1v) is 8.28. The summed E-state index contributed by atoms with van der Waals surface area (Å²) < 4.78 is 0. The highest BCUT2D eigenvalue weighted by Crippen LogP contribution is 2.34. The van der Waals surface area contributed by atoms with Crippen LogP contribution in [0.25, 0.3) is 10.9 Å². The van der Waals surface area contributed by atoms with Gasteiger partial charge in [-0.1, -0.05) is 18.2 Å². The first kappa shape index (κ1) is 14.8. The Hall–Kier alpha value is -2.82. The molecule has 0 saturated carbocycles. The molecule has 0 radical (unpaired) electrons. The SMILES string of the molecule is CNc1cc([C@H]2CCCN2C(=O)c2cc3ccccc3[nH]2)ccn1. The summed E-state index contributed by atoms with van der Waals surface area (Å²) in [5.41, 5.74) is 2.79. The van der Waals surface area contributed by atoms with Gasteiger partial charge in [0.05, 0.1) is 6.04 Å². The van der Waals surface area contributed by atoms with Gasteiger partial charge in [-0.15, -0.1) is 0 Å². The topological polar surface area (TPSA) is 61.0 Å². The zero-order chi connectivity index (χ0) is 16.5. The van der Waals surface area contributed by atoms with Crippen LogP contribution in [-0.2, 0) is 0 Å². The summed E-state index contributed by atoms with van der Waals surface area (Å²) in [6, 6.07) is 14.1. The normalized spacial score (nSPS) is 17.4. The Morgan fingerprint density at radius 2 is 2.17 bits per heavy atom. The summed E-state index contributed by atoms with van der Waals surface area (Å²) >= 11 is 0. The van der Waals surface area contributed by atoms with Crippen LogP contribution in [0.4, 0.5) is 5.82 Å². The minimum Gasteiger partial charge on any atom is -0.373 e. The lowest BCUT2D eigenvalue weighted by atomic mass is 10.1. The molecular weight excluding hydrogens is 300 g/mol. The number of fused-ring (bicyclic) bond motifs is 1. The van der Waals surface area contributed by atoms with E-state index >= 15 is 0 Å². The van der Waals surface area contributed by atoms with Gasteiger partial charge in [0.15, 0.2) is 0 Å². The maximum Gasteiger partial charge on any atom is 0.270 e. The molecule has 0 spiro atoms. The summed E-state index contributed by atoms with van der Waals surface area (Å²) in [6.45, 7) is 0.788. The number of nitrogens with one attached hydrogen (secondary N) is 2. The predicted molar refractivity (Wildman–Crippen MR) is 95.1 cm³/mol. The molecule has 0 unspecified atom stereocenters. The monoisotopic (exact) mass is 320 g/mol. The molecule has 3 aromatic rings. The van der Waals surface area contributed by atoms with Gasteiger partial charge in [-0.3, -0.25) is 4.79 Å². The number of carbonyl (C=O) groups excluding carboxylic acids is 1. The number of pyridine rings is 1. The quantitative estimate of drug-likeness (QED) is 0.775. The van der Waals surface area contributed by atoms with Crippen LogP contribution < -0.4 is 5.32 Å². The fourth-order valence-corrected chi connectivity index (χ4v) is 3.49. The van der Waals surface area contributed by atoms with E-state index in [1.165, 1.54) is 0 Å². The van der Waals surface area contributed by atoms with Gasteiger partial charge in [0.25, 0.3) is 5.91 Å². The number of para-hydroxylation sites is 1. The average molecular weight is 320 g/mol. The second-order valence-electron chi connectivity index (χ2n) is 6.15. The van der Waals surface area contributed by atoms with Gasteiger partial charge < -0.3 is 15.2 Å². The van der Waals surface area contributed by atoms with Crippen molar-refractivity contribution in [2.45, 2.75) is 18.9 Å². The van der Waals surface area contributed by atoms with Crippen molar-refractivity contribution < 1.29 is 4.79 Å². The Bertz CT molecular complexity index is 853. The van der Waals surface area contributed by atoms with Crippen LogP contribution >= 0.6 is 0 Å². The predicted octanol–water partition coefficient (Wildman–Crippen LogP) is 3.58. The second kappa shape index (κ2) is 6.00. The molecule has 122 valence electrons. The molecule has 5 nitrogen and oxygen atoms in total. The molecular formula is C19H20N4O. The molecule has 24 heavy (non-hydrogen) atoms. The lowest BCUT2D eigenvalue weighted by Gasteiger charge is -2.25. The minimum atomic E-state index is 0.0662. The Labute approximate surface area is 140 Å². The van der Waals surface area contributed by atoms with Crippen molar-refractivity contribution in [1.29, 1.82) is 0 Å². The Balaban J connectivity index is 1.65. The third-order valence-electron chi connectivity index (χ3n) is 4.70. The lowest BCUT2D eigenvalue weighted by Crippen LogP contribution is -2.30. The van der Waals surface area contributed by atoms with E-state index < -0.39 is 0 Å². The molecule has 3 heterocycles. The number of amides is 1. The highest BCUT2D eigenvalue weighted by Gasteiger charge is 2.31. The third-order valence-corrected chi connectivity index (χ3v) is 4.70. The average Bonchev–Trinajstić information content (AvgIpc) is 3.28. The molecule has 1 amide bonds. The maximum absolute atomic E-state index is 13.0. The summed E-state index contributed by atoms with van der Waals surface area (Å²) in [4.78, 5) is 22.5. The molecule has 1 aliphatic rings. The smallest absolute Gasteiger partial charge is 0.270 e. The number of carbonyl (C=O) groups is 1. The standard InChI is InChI=1S/C19H20N4O/c1-20-18-12-14(8-9-21-18)17-7-4-10-23(17)19(24)16-11-13-5-2-3-6-15(13)22-16/h2-3,5-6,8-9,11-12,17,22H,4,7,10H2,1H3,(H,20,21)/t17-/m1/s1. The van der Waals surface area contributed by atoms with E-state index in [0.717, 1.165) is 41.7 Å². The molecule has 1 aliphatic heterocycles. The number of benzene rings is 1. The second-order valence-corrected chi connectivity index (χ2v) is 6.15. The van der Waals surface area contributed by atoms with Gasteiger partial charge in [0.2, 0.25) is 0 Å². The van der Waals surface area contributed by atoms with E-state index in [0.29, 0.717) is 5.69 Å². The first-order valence-electron chi connectivity index (χ1n) is 8.28. The number of aromatic nitrogens is 2. The van der Waals surface area contributed by atoms with Crippen LogP contribution in [0.5, 0.6) is 0 Å². The molecule has 1 saturated heterocycles. The maximum atomic E-state index is 13.0. The Morgan fingerprint density at radius 1 is 1.29 bits per heavy atom. The highest BCUT2D eigenvalue weighted by molar-refractivity contribution is 5.98. The van der Waals surface area contributed by atoms with Gasteiger partial charge in [-0.05, 0) is 42.7 Å². The first-order chi connectivity index (χ1) is 11.8. The number of likely N-dealkylation sites (tertiary alicyclic amines) is 1. The summed E-state index contributed by atoms with van der Waals surface area (Å²) in [6.07, 6.45) is 3.80. The van der Waals surface area contributed by atoms with E-state index in [1.54, 1.807) is 6.20 Å². The molecule has 1 atom stereocenters. The van der Waals surface area contributed by atoms with Crippen molar-refractivity contribution >= 4 is 22.6 Å². The molecule has 1 aromatic carbocycles. The van der Waals surface area contributed by atoms with Crippen LogP contribution in [0.1, 0.15) is 34.9 Å². The van der Waals surface area contributed by atoms with Crippen LogP contribution in [0, 0.1) is 0 Å². The molecule has 2 aromatic heterocycles. The number of nitrogens with zero attached hydrogens (tertiary/aromatic N) is 2. The van der Waals surface area contributed by atoms with Crippen LogP contribution in [0.3, 0.4) is 0 Å². The van der Waals surface area contributed by atoms with E-state index in [1.807, 2.05) is 54.4 Å². The van der Waals surface area contributed by atoms with Crippen molar-refractivity contribution in [2.75, 3.05) is 18.9 Å². The van der Waals surface area contributed by atoms with Gasteiger partial charge in [-0.2, -0.15) is 0 Å². The largest absolute Gasteiger partial charge is 0.373 e. The zero-order valence-electron chi connectivity index (χ0n) is 13.6. The lowest BCUT2D eigenvalue weighted by molar-refractivity contribution is 0.0730. The Kier molecular flexibility index (Phi) is 3.69. The van der Waals surface area contributed by atoms with Crippen molar-refractivity contribution in [3.05, 3.63) is 59.9 Å². The molecule has 5 heteroatoms. The highest BCUT2D eigenvalue weighted by atomic mass is 16.2. The number of hydrogen-bond donors (Lipinski definition) is 2. The van der Waals surface area contributed by atoms with Crippen LogP contribution in [0.15, 0.2) is 48.7 Å². The van der Waals surface area contributed by atoms with Crippen molar-refractivity contribution in [3.8, 4) is 0 Å². The van der Waals surface area contributed by atoms with Crippen molar-refractivity contribution in [2.24, 2.45) is 0 Å². The number of hydrogen-bond acceptors (Lipinski definition) is 3. The molecule has 2 N–H and O–H groups in total. The number of anilines is 1. The summed E-state index contributed by atoms with van der Waals surface area (Å²) in [5.74, 6) is 0.897. The zero-order valence-corrected chi connectivity index (χ0v) is 13.6. The fraction of sp³-hybridized carbons (Fsp3) is 0.263. The summed E-state index contributed by atoms with van der Waals surface area (Å²) in [5, 5.41) is 4.13. The summed E-state index contributed by atoms with van der Waals surface area (Å²) in [7, 11) is 1.86. The van der Waals surface area contributed by atoms with E-state index in [4.69, 9.17) is 0 Å². The number of rotatable bonds is 3. The van der Waals surface area contributed by atoms with Crippen molar-refractivity contribution in [1.82, 2.24) is 14.9 Å². The van der Waals surface area contributed by atoms with Crippen LogP contribution in [0.2, 0.25) is 0 Å². The van der Waals surface area contributed by atoms with E-state index in [9.17, 15) is 4.79 Å². The van der Waals surface area contributed by atoms with E-state index in [2.05, 4.69) is 15.3 Å². The molecule has 1 fully saturated rings. The molecule has 0 bridgehead atoms.